The zero-order valence-electron chi connectivity index (χ0n) is 11.1. The summed E-state index contributed by atoms with van der Waals surface area (Å²) in [5.74, 6) is 0.0612. The van der Waals surface area contributed by atoms with Gasteiger partial charge in [-0.1, -0.05) is 6.92 Å². The number of aryl methyl sites for hydroxylation is 2. The van der Waals surface area contributed by atoms with Crippen LogP contribution in [0.2, 0.25) is 0 Å². The molecule has 0 spiro atoms. The average molecular weight is 322 g/mol. The number of hydrogen-bond donors (Lipinski definition) is 0. The highest BCUT2D eigenvalue weighted by Gasteiger charge is 2.12. The van der Waals surface area contributed by atoms with Crippen LogP contribution >= 0.6 is 15.9 Å². The number of aromatic nitrogens is 3. The number of rotatable bonds is 5. The summed E-state index contributed by atoms with van der Waals surface area (Å²) in [6, 6.07) is 3.80. The fraction of sp³-hybridized carbons (Fsp3) is 0.357. The Bertz CT molecular complexity index is 592. The first kappa shape index (κ1) is 13.9. The normalized spacial score (nSPS) is 10.7. The summed E-state index contributed by atoms with van der Waals surface area (Å²) in [5.41, 5.74) is 2.61. The van der Waals surface area contributed by atoms with Crippen LogP contribution in [0.3, 0.4) is 0 Å². The molecule has 100 valence electrons. The second-order valence-electron chi connectivity index (χ2n) is 4.29. The molecular formula is C14H16BrN3O. The fourth-order valence-corrected chi connectivity index (χ4v) is 2.30. The minimum absolute atomic E-state index is 0.0612. The molecule has 0 unspecified atom stereocenters. The Morgan fingerprint density at radius 1 is 1.32 bits per heavy atom. The number of hydrogen-bond acceptors (Lipinski definition) is 3. The third kappa shape index (κ3) is 3.29. The third-order valence-electron chi connectivity index (χ3n) is 2.94. The molecule has 4 nitrogen and oxygen atoms in total. The molecule has 0 aliphatic rings. The van der Waals surface area contributed by atoms with Gasteiger partial charge in [-0.05, 0) is 41.4 Å². The van der Waals surface area contributed by atoms with Crippen molar-refractivity contribution in [1.82, 2.24) is 14.8 Å². The Balaban J connectivity index is 2.21. The van der Waals surface area contributed by atoms with Crippen LogP contribution in [0.5, 0.6) is 0 Å². The Hall–Kier alpha value is -1.49. The topological polar surface area (TPSA) is 47.8 Å². The standard InChI is InChI=1S/C14H16BrN3O/c1-3-12-6-13(18(4-2)17-12)7-14(19)10-5-11(15)9-16-8-10/h5-6,8-9H,3-4,7H2,1-2H3. The molecule has 0 atom stereocenters. The summed E-state index contributed by atoms with van der Waals surface area (Å²) in [6.45, 7) is 4.87. The molecule has 0 amide bonds. The minimum Gasteiger partial charge on any atom is -0.294 e. The Kier molecular flexibility index (Phi) is 4.47. The van der Waals surface area contributed by atoms with Gasteiger partial charge in [0, 0.05) is 34.7 Å². The molecule has 0 saturated heterocycles. The van der Waals surface area contributed by atoms with Crippen molar-refractivity contribution in [1.29, 1.82) is 0 Å². The molecule has 2 aromatic heterocycles. The van der Waals surface area contributed by atoms with E-state index < -0.39 is 0 Å². The van der Waals surface area contributed by atoms with E-state index in [-0.39, 0.29) is 5.78 Å². The van der Waals surface area contributed by atoms with Gasteiger partial charge in [0.15, 0.2) is 5.78 Å². The van der Waals surface area contributed by atoms with Crippen molar-refractivity contribution >= 4 is 21.7 Å². The second kappa shape index (κ2) is 6.10. The summed E-state index contributed by atoms with van der Waals surface area (Å²) >= 11 is 3.33. The number of halogens is 1. The molecule has 0 radical (unpaired) electrons. The van der Waals surface area contributed by atoms with Crippen molar-refractivity contribution in [2.45, 2.75) is 33.2 Å². The van der Waals surface area contributed by atoms with Crippen molar-refractivity contribution in [3.8, 4) is 0 Å². The number of ketones is 1. The molecule has 0 aliphatic carbocycles. The van der Waals surface area contributed by atoms with E-state index in [0.717, 1.165) is 28.8 Å². The van der Waals surface area contributed by atoms with E-state index in [9.17, 15) is 4.79 Å². The van der Waals surface area contributed by atoms with Gasteiger partial charge in [0.2, 0.25) is 0 Å². The van der Waals surface area contributed by atoms with Gasteiger partial charge >= 0.3 is 0 Å². The highest BCUT2D eigenvalue weighted by molar-refractivity contribution is 9.10. The molecular weight excluding hydrogens is 306 g/mol. The number of carbonyl (C=O) groups excluding carboxylic acids is 1. The van der Waals surface area contributed by atoms with E-state index >= 15 is 0 Å². The quantitative estimate of drug-likeness (QED) is 0.795. The maximum Gasteiger partial charge on any atom is 0.170 e. The van der Waals surface area contributed by atoms with Crippen LogP contribution in [0.4, 0.5) is 0 Å². The first-order chi connectivity index (χ1) is 9.13. The Morgan fingerprint density at radius 3 is 2.74 bits per heavy atom. The number of carbonyl (C=O) groups is 1. The van der Waals surface area contributed by atoms with Crippen LogP contribution < -0.4 is 0 Å². The van der Waals surface area contributed by atoms with Crippen molar-refractivity contribution in [2.75, 3.05) is 0 Å². The van der Waals surface area contributed by atoms with E-state index in [1.165, 1.54) is 0 Å². The van der Waals surface area contributed by atoms with Gasteiger partial charge in [0.25, 0.3) is 0 Å². The number of nitrogens with zero attached hydrogens (tertiary/aromatic N) is 3. The van der Waals surface area contributed by atoms with Crippen LogP contribution in [-0.2, 0) is 19.4 Å². The van der Waals surface area contributed by atoms with Gasteiger partial charge in [-0.3, -0.25) is 14.5 Å². The van der Waals surface area contributed by atoms with Gasteiger partial charge in [0.1, 0.15) is 0 Å². The molecule has 0 aliphatic heterocycles. The van der Waals surface area contributed by atoms with Crippen molar-refractivity contribution in [3.63, 3.8) is 0 Å². The van der Waals surface area contributed by atoms with Gasteiger partial charge < -0.3 is 0 Å². The van der Waals surface area contributed by atoms with Gasteiger partial charge in [-0.15, -0.1) is 0 Å². The second-order valence-corrected chi connectivity index (χ2v) is 5.20. The molecule has 19 heavy (non-hydrogen) atoms. The van der Waals surface area contributed by atoms with Crippen molar-refractivity contribution < 1.29 is 4.79 Å². The summed E-state index contributed by atoms with van der Waals surface area (Å²) in [4.78, 5) is 16.3. The summed E-state index contributed by atoms with van der Waals surface area (Å²) in [7, 11) is 0. The number of pyridine rings is 1. The Morgan fingerprint density at radius 2 is 2.11 bits per heavy atom. The third-order valence-corrected chi connectivity index (χ3v) is 3.38. The molecule has 0 saturated carbocycles. The lowest BCUT2D eigenvalue weighted by Gasteiger charge is -2.04. The van der Waals surface area contributed by atoms with Crippen LogP contribution in [-0.4, -0.2) is 20.5 Å². The molecule has 0 fully saturated rings. The van der Waals surface area contributed by atoms with Crippen LogP contribution in [0.15, 0.2) is 29.0 Å². The van der Waals surface area contributed by atoms with E-state index in [4.69, 9.17) is 0 Å². The molecule has 5 heteroatoms. The van der Waals surface area contributed by atoms with E-state index in [1.807, 2.05) is 17.7 Å². The predicted molar refractivity (Wildman–Crippen MR) is 77.3 cm³/mol. The van der Waals surface area contributed by atoms with Crippen molar-refractivity contribution in [2.24, 2.45) is 0 Å². The molecule has 0 N–H and O–H groups in total. The molecule has 2 aromatic rings. The molecule has 0 bridgehead atoms. The lowest BCUT2D eigenvalue weighted by molar-refractivity contribution is 0.0990. The number of Topliss-reactive ketones (excluding diaryl/α,β-unsaturated/α-hetero) is 1. The average Bonchev–Trinajstić information content (AvgIpc) is 2.81. The summed E-state index contributed by atoms with van der Waals surface area (Å²) in [5, 5.41) is 4.45. The van der Waals surface area contributed by atoms with Gasteiger partial charge in [0.05, 0.1) is 12.1 Å². The molecule has 0 aromatic carbocycles. The highest BCUT2D eigenvalue weighted by atomic mass is 79.9. The first-order valence-corrected chi connectivity index (χ1v) is 7.12. The van der Waals surface area contributed by atoms with E-state index in [1.54, 1.807) is 18.5 Å². The lowest BCUT2D eigenvalue weighted by atomic mass is 10.1. The highest BCUT2D eigenvalue weighted by Crippen LogP contribution is 2.13. The van der Waals surface area contributed by atoms with E-state index in [2.05, 4.69) is 32.9 Å². The van der Waals surface area contributed by atoms with E-state index in [0.29, 0.717) is 12.0 Å². The Labute approximate surface area is 121 Å². The van der Waals surface area contributed by atoms with Gasteiger partial charge in [-0.2, -0.15) is 5.10 Å². The fourth-order valence-electron chi connectivity index (χ4n) is 1.93. The lowest BCUT2D eigenvalue weighted by Crippen LogP contribution is -2.10. The van der Waals surface area contributed by atoms with Crippen LogP contribution in [0.25, 0.3) is 0 Å². The monoisotopic (exact) mass is 321 g/mol. The molecule has 2 heterocycles. The summed E-state index contributed by atoms with van der Waals surface area (Å²) < 4.78 is 2.71. The zero-order chi connectivity index (χ0) is 13.8. The largest absolute Gasteiger partial charge is 0.294 e. The predicted octanol–water partition coefficient (Wildman–Crippen LogP) is 3.05. The van der Waals surface area contributed by atoms with Crippen LogP contribution in [0.1, 0.15) is 35.6 Å². The maximum atomic E-state index is 12.2. The SMILES string of the molecule is CCc1cc(CC(=O)c2cncc(Br)c2)n(CC)n1. The minimum atomic E-state index is 0.0612. The maximum absolute atomic E-state index is 12.2. The van der Waals surface area contributed by atoms with Crippen molar-refractivity contribution in [3.05, 3.63) is 46.0 Å². The zero-order valence-corrected chi connectivity index (χ0v) is 12.6. The summed E-state index contributed by atoms with van der Waals surface area (Å²) in [6.07, 6.45) is 4.51. The van der Waals surface area contributed by atoms with Gasteiger partial charge in [-0.25, -0.2) is 0 Å². The smallest absolute Gasteiger partial charge is 0.170 e. The van der Waals surface area contributed by atoms with Crippen LogP contribution in [0, 0.1) is 0 Å². The first-order valence-electron chi connectivity index (χ1n) is 6.33. The molecule has 2 rings (SSSR count).